The highest BCUT2D eigenvalue weighted by atomic mass is 19.4. The molecule has 0 fully saturated rings. The molecule has 0 spiro atoms. The van der Waals surface area contributed by atoms with E-state index in [2.05, 4.69) is 10.3 Å². The number of carbonyl (C=O) groups excluding carboxylic acids is 1. The quantitative estimate of drug-likeness (QED) is 0.763. The lowest BCUT2D eigenvalue weighted by Gasteiger charge is -2.14. The molecule has 0 radical (unpaired) electrons. The van der Waals surface area contributed by atoms with Crippen LogP contribution in [-0.2, 0) is 22.3 Å². The van der Waals surface area contributed by atoms with Crippen LogP contribution in [0.2, 0.25) is 0 Å². The summed E-state index contributed by atoms with van der Waals surface area (Å²) in [5.74, 6) is -0.405. The van der Waals surface area contributed by atoms with Crippen LogP contribution >= 0.6 is 0 Å². The SMILES string of the molecule is C[C@@H](OC(=O)CCCn1ccnn1)c1ccc(C(F)(F)F)cc1. The first-order valence-electron chi connectivity index (χ1n) is 7.07. The third-order valence-corrected chi connectivity index (χ3v) is 3.26. The van der Waals surface area contributed by atoms with Crippen molar-refractivity contribution in [2.24, 2.45) is 0 Å². The summed E-state index contributed by atoms with van der Waals surface area (Å²) in [7, 11) is 0. The molecular formula is C15H16F3N3O2. The van der Waals surface area contributed by atoms with Gasteiger partial charge in [0.2, 0.25) is 0 Å². The van der Waals surface area contributed by atoms with Gasteiger partial charge < -0.3 is 4.74 Å². The molecule has 23 heavy (non-hydrogen) atoms. The number of aryl methyl sites for hydroxylation is 1. The number of ether oxygens (including phenoxy) is 1. The van der Waals surface area contributed by atoms with Crippen molar-refractivity contribution in [3.8, 4) is 0 Å². The van der Waals surface area contributed by atoms with Crippen LogP contribution in [0, 0.1) is 0 Å². The molecule has 0 unspecified atom stereocenters. The van der Waals surface area contributed by atoms with Crippen molar-refractivity contribution in [1.82, 2.24) is 15.0 Å². The van der Waals surface area contributed by atoms with Gasteiger partial charge in [0.05, 0.1) is 11.8 Å². The number of aromatic nitrogens is 3. The van der Waals surface area contributed by atoms with E-state index in [0.29, 0.717) is 18.5 Å². The van der Waals surface area contributed by atoms with Crippen LogP contribution in [-0.4, -0.2) is 21.0 Å². The van der Waals surface area contributed by atoms with E-state index in [1.54, 1.807) is 24.0 Å². The van der Waals surface area contributed by atoms with Crippen LogP contribution in [0.4, 0.5) is 13.2 Å². The van der Waals surface area contributed by atoms with E-state index in [4.69, 9.17) is 4.74 Å². The van der Waals surface area contributed by atoms with E-state index in [1.165, 1.54) is 12.1 Å². The van der Waals surface area contributed by atoms with Crippen LogP contribution in [0.5, 0.6) is 0 Å². The summed E-state index contributed by atoms with van der Waals surface area (Å²) in [5.41, 5.74) is -0.213. The predicted molar refractivity (Wildman–Crippen MR) is 75.2 cm³/mol. The maximum atomic E-state index is 12.5. The molecule has 2 aromatic rings. The Bertz CT molecular complexity index is 624. The average molecular weight is 327 g/mol. The zero-order valence-electron chi connectivity index (χ0n) is 12.5. The highest BCUT2D eigenvalue weighted by Gasteiger charge is 2.30. The normalized spacial score (nSPS) is 12.9. The van der Waals surface area contributed by atoms with Gasteiger partial charge in [-0.2, -0.15) is 13.2 Å². The summed E-state index contributed by atoms with van der Waals surface area (Å²) in [6.07, 6.45) is -0.996. The Hall–Kier alpha value is -2.38. The fraction of sp³-hybridized carbons (Fsp3) is 0.400. The van der Waals surface area contributed by atoms with Gasteiger partial charge in [0, 0.05) is 19.2 Å². The number of carbonyl (C=O) groups is 1. The number of benzene rings is 1. The largest absolute Gasteiger partial charge is 0.458 e. The second-order valence-electron chi connectivity index (χ2n) is 5.02. The number of rotatable bonds is 6. The minimum absolute atomic E-state index is 0.199. The van der Waals surface area contributed by atoms with E-state index in [-0.39, 0.29) is 6.42 Å². The molecule has 1 atom stereocenters. The second-order valence-corrected chi connectivity index (χ2v) is 5.02. The highest BCUT2D eigenvalue weighted by Crippen LogP contribution is 2.30. The first-order chi connectivity index (χ1) is 10.9. The van der Waals surface area contributed by atoms with Gasteiger partial charge >= 0.3 is 12.1 Å². The molecule has 1 aromatic carbocycles. The van der Waals surface area contributed by atoms with Crippen molar-refractivity contribution in [3.63, 3.8) is 0 Å². The number of hydrogen-bond acceptors (Lipinski definition) is 4. The van der Waals surface area contributed by atoms with Crippen molar-refractivity contribution in [2.45, 2.75) is 38.6 Å². The summed E-state index contributed by atoms with van der Waals surface area (Å²) < 4.78 is 44.3. The molecule has 1 aromatic heterocycles. The zero-order chi connectivity index (χ0) is 16.9. The van der Waals surface area contributed by atoms with Gasteiger partial charge in [-0.3, -0.25) is 9.48 Å². The predicted octanol–water partition coefficient (Wildman–Crippen LogP) is 3.38. The van der Waals surface area contributed by atoms with Crippen molar-refractivity contribution in [1.29, 1.82) is 0 Å². The first kappa shape index (κ1) is 17.0. The summed E-state index contributed by atoms with van der Waals surface area (Å²) in [6, 6.07) is 4.58. The van der Waals surface area contributed by atoms with Crippen molar-refractivity contribution >= 4 is 5.97 Å². The van der Waals surface area contributed by atoms with Crippen molar-refractivity contribution in [3.05, 3.63) is 47.8 Å². The lowest BCUT2D eigenvalue weighted by Crippen LogP contribution is -2.11. The van der Waals surface area contributed by atoms with Gasteiger partial charge in [0.15, 0.2) is 0 Å². The maximum absolute atomic E-state index is 12.5. The van der Waals surface area contributed by atoms with Crippen LogP contribution in [0.15, 0.2) is 36.7 Å². The van der Waals surface area contributed by atoms with E-state index in [9.17, 15) is 18.0 Å². The van der Waals surface area contributed by atoms with E-state index < -0.39 is 23.8 Å². The van der Waals surface area contributed by atoms with Gasteiger partial charge in [-0.15, -0.1) is 5.10 Å². The van der Waals surface area contributed by atoms with Crippen LogP contribution in [0.1, 0.15) is 37.0 Å². The lowest BCUT2D eigenvalue weighted by molar-refractivity contribution is -0.149. The van der Waals surface area contributed by atoms with Gasteiger partial charge in [0.1, 0.15) is 6.10 Å². The summed E-state index contributed by atoms with van der Waals surface area (Å²) >= 11 is 0. The molecule has 0 aliphatic heterocycles. The lowest BCUT2D eigenvalue weighted by atomic mass is 10.1. The third kappa shape index (κ3) is 5.08. The average Bonchev–Trinajstić information content (AvgIpc) is 2.99. The maximum Gasteiger partial charge on any atom is 0.416 e. The van der Waals surface area contributed by atoms with Crippen molar-refractivity contribution in [2.75, 3.05) is 0 Å². The summed E-state index contributed by atoms with van der Waals surface area (Å²) in [6.45, 7) is 2.17. The number of halogens is 3. The molecule has 0 saturated heterocycles. The summed E-state index contributed by atoms with van der Waals surface area (Å²) in [5, 5.41) is 7.42. The van der Waals surface area contributed by atoms with Gasteiger partial charge in [0.25, 0.3) is 0 Å². The number of alkyl halides is 3. The molecule has 5 nitrogen and oxygen atoms in total. The third-order valence-electron chi connectivity index (χ3n) is 3.26. The second kappa shape index (κ2) is 7.26. The molecule has 2 rings (SSSR count). The Morgan fingerprint density at radius 1 is 1.30 bits per heavy atom. The number of nitrogens with zero attached hydrogens (tertiary/aromatic N) is 3. The van der Waals surface area contributed by atoms with Crippen LogP contribution in [0.25, 0.3) is 0 Å². The first-order valence-corrected chi connectivity index (χ1v) is 7.07. The molecule has 8 heteroatoms. The monoisotopic (exact) mass is 327 g/mol. The van der Waals surface area contributed by atoms with E-state index in [1.807, 2.05) is 0 Å². The minimum atomic E-state index is -4.38. The van der Waals surface area contributed by atoms with E-state index in [0.717, 1.165) is 12.1 Å². The molecular weight excluding hydrogens is 311 g/mol. The Labute approximate surface area is 131 Å². The smallest absolute Gasteiger partial charge is 0.416 e. The Kier molecular flexibility index (Phi) is 5.36. The number of hydrogen-bond donors (Lipinski definition) is 0. The fourth-order valence-corrected chi connectivity index (χ4v) is 2.00. The Balaban J connectivity index is 1.81. The molecule has 124 valence electrons. The molecule has 0 aliphatic carbocycles. The van der Waals surface area contributed by atoms with Gasteiger partial charge in [-0.25, -0.2) is 0 Å². The molecule has 0 N–H and O–H groups in total. The van der Waals surface area contributed by atoms with Crippen molar-refractivity contribution < 1.29 is 22.7 Å². The van der Waals surface area contributed by atoms with Crippen LogP contribution < -0.4 is 0 Å². The highest BCUT2D eigenvalue weighted by molar-refractivity contribution is 5.69. The van der Waals surface area contributed by atoms with E-state index >= 15 is 0 Å². The topological polar surface area (TPSA) is 57.0 Å². The van der Waals surface area contributed by atoms with Gasteiger partial charge in [-0.05, 0) is 31.0 Å². The van der Waals surface area contributed by atoms with Crippen LogP contribution in [0.3, 0.4) is 0 Å². The van der Waals surface area contributed by atoms with Gasteiger partial charge in [-0.1, -0.05) is 17.3 Å². The fourth-order valence-electron chi connectivity index (χ4n) is 2.00. The standard InChI is InChI=1S/C15H16F3N3O2/c1-11(12-4-6-13(7-5-12)15(16,17)18)23-14(22)3-2-9-21-10-8-19-20-21/h4-8,10-11H,2-3,9H2,1H3/t11-/m1/s1. The zero-order valence-corrected chi connectivity index (χ0v) is 12.5. The molecule has 0 saturated carbocycles. The molecule has 0 aliphatic rings. The molecule has 1 heterocycles. The summed E-state index contributed by atoms with van der Waals surface area (Å²) in [4.78, 5) is 11.7. The Morgan fingerprint density at radius 2 is 2.00 bits per heavy atom. The molecule has 0 amide bonds. The number of esters is 1. The molecule has 0 bridgehead atoms. The minimum Gasteiger partial charge on any atom is -0.458 e. The Morgan fingerprint density at radius 3 is 2.57 bits per heavy atom.